The number of halogens is 2. The summed E-state index contributed by atoms with van der Waals surface area (Å²) >= 11 is 5.75. The number of terminal acetylenes is 1. The minimum absolute atomic E-state index is 0.116. The second kappa shape index (κ2) is 5.89. The summed E-state index contributed by atoms with van der Waals surface area (Å²) in [6.07, 6.45) is 5.19. The van der Waals surface area contributed by atoms with Crippen LogP contribution in [0.5, 0.6) is 0 Å². The molecule has 1 rings (SSSR count). The number of nitrogens with one attached hydrogen (secondary N) is 1. The third-order valence-electron chi connectivity index (χ3n) is 2.41. The second-order valence-electron chi connectivity index (χ2n) is 3.95. The molecule has 0 spiro atoms. The van der Waals surface area contributed by atoms with Crippen LogP contribution in [0.1, 0.15) is 25.5 Å². The molecule has 1 unspecified atom stereocenters. The summed E-state index contributed by atoms with van der Waals surface area (Å²) in [6, 6.07) is 4.90. The smallest absolute Gasteiger partial charge is 0.146 e. The molecule has 0 aliphatic heterocycles. The van der Waals surface area contributed by atoms with E-state index in [0.717, 1.165) is 0 Å². The van der Waals surface area contributed by atoms with Crippen LogP contribution < -0.4 is 5.32 Å². The van der Waals surface area contributed by atoms with E-state index in [4.69, 9.17) is 18.0 Å². The van der Waals surface area contributed by atoms with Crippen LogP contribution in [0.25, 0.3) is 0 Å². The monoisotopic (exact) mass is 239 g/mol. The molecular formula is C13H15ClFN. The molecule has 1 aromatic carbocycles. The maximum absolute atomic E-state index is 13.8. The molecule has 1 nitrogen and oxygen atoms in total. The Morgan fingerprint density at radius 2 is 2.19 bits per heavy atom. The molecule has 0 saturated carbocycles. The Bertz CT molecular complexity index is 395. The SMILES string of the molecule is C#CCNC(c1cccc(Cl)c1F)C(C)C. The lowest BCUT2D eigenvalue weighted by Crippen LogP contribution is -2.27. The molecule has 0 heterocycles. The van der Waals surface area contributed by atoms with Crippen LogP contribution in [0, 0.1) is 24.1 Å². The van der Waals surface area contributed by atoms with Gasteiger partial charge in [-0.1, -0.05) is 43.5 Å². The van der Waals surface area contributed by atoms with Gasteiger partial charge in [-0.05, 0) is 12.0 Å². The summed E-state index contributed by atoms with van der Waals surface area (Å²) in [5, 5.41) is 3.26. The van der Waals surface area contributed by atoms with Gasteiger partial charge in [0.1, 0.15) is 5.82 Å². The minimum atomic E-state index is -0.368. The van der Waals surface area contributed by atoms with Crippen LogP contribution in [0.3, 0.4) is 0 Å². The Kier molecular flexibility index (Phi) is 4.79. The Hall–Kier alpha value is -1.04. The van der Waals surface area contributed by atoms with Crippen molar-refractivity contribution in [3.05, 3.63) is 34.6 Å². The Balaban J connectivity index is 3.02. The van der Waals surface area contributed by atoms with Gasteiger partial charge in [-0.3, -0.25) is 5.32 Å². The summed E-state index contributed by atoms with van der Waals surface area (Å²) in [5.41, 5.74) is 0.567. The lowest BCUT2D eigenvalue weighted by molar-refractivity contribution is 0.414. The van der Waals surface area contributed by atoms with Crippen molar-refractivity contribution in [2.75, 3.05) is 6.54 Å². The highest BCUT2D eigenvalue weighted by Gasteiger charge is 2.19. The molecule has 86 valence electrons. The fourth-order valence-corrected chi connectivity index (χ4v) is 1.82. The normalized spacial score (nSPS) is 12.5. The standard InChI is InChI=1S/C13H15ClFN/c1-4-8-16-13(9(2)3)10-6-5-7-11(14)12(10)15/h1,5-7,9,13,16H,8H2,2-3H3. The van der Waals surface area contributed by atoms with E-state index < -0.39 is 0 Å². The third-order valence-corrected chi connectivity index (χ3v) is 2.70. The molecule has 3 heteroatoms. The molecule has 1 N–H and O–H groups in total. The molecule has 1 atom stereocenters. The molecule has 0 amide bonds. The van der Waals surface area contributed by atoms with Crippen LogP contribution in [0.4, 0.5) is 4.39 Å². The molecule has 16 heavy (non-hydrogen) atoms. The maximum Gasteiger partial charge on any atom is 0.146 e. The van der Waals surface area contributed by atoms with Crippen molar-refractivity contribution >= 4 is 11.6 Å². The van der Waals surface area contributed by atoms with Crippen LogP contribution in [0.15, 0.2) is 18.2 Å². The van der Waals surface area contributed by atoms with Crippen molar-refractivity contribution in [3.8, 4) is 12.3 Å². The Morgan fingerprint density at radius 1 is 1.50 bits per heavy atom. The van der Waals surface area contributed by atoms with Gasteiger partial charge >= 0.3 is 0 Å². The average Bonchev–Trinajstić information content (AvgIpc) is 2.24. The highest BCUT2D eigenvalue weighted by molar-refractivity contribution is 6.30. The van der Waals surface area contributed by atoms with E-state index in [-0.39, 0.29) is 22.8 Å². The fraction of sp³-hybridized carbons (Fsp3) is 0.385. The van der Waals surface area contributed by atoms with Crippen LogP contribution in [-0.2, 0) is 0 Å². The average molecular weight is 240 g/mol. The second-order valence-corrected chi connectivity index (χ2v) is 4.36. The highest BCUT2D eigenvalue weighted by atomic mass is 35.5. The summed E-state index contributed by atoms with van der Waals surface area (Å²) < 4.78 is 13.8. The summed E-state index contributed by atoms with van der Waals surface area (Å²) in [5.74, 6) is 2.36. The Labute approximate surface area is 101 Å². The van der Waals surface area contributed by atoms with Gasteiger partial charge in [-0.15, -0.1) is 6.42 Å². The van der Waals surface area contributed by atoms with E-state index in [1.54, 1.807) is 18.2 Å². The summed E-state index contributed by atoms with van der Waals surface area (Å²) in [7, 11) is 0. The number of benzene rings is 1. The maximum atomic E-state index is 13.8. The zero-order valence-electron chi connectivity index (χ0n) is 9.43. The molecule has 0 aromatic heterocycles. The summed E-state index contributed by atoms with van der Waals surface area (Å²) in [4.78, 5) is 0. The van der Waals surface area contributed by atoms with E-state index in [2.05, 4.69) is 11.2 Å². The van der Waals surface area contributed by atoms with Crippen molar-refractivity contribution < 1.29 is 4.39 Å². The summed E-state index contributed by atoms with van der Waals surface area (Å²) in [6.45, 7) is 4.43. The van der Waals surface area contributed by atoms with Crippen LogP contribution in [-0.4, -0.2) is 6.54 Å². The first-order chi connectivity index (χ1) is 7.57. The van der Waals surface area contributed by atoms with Crippen molar-refractivity contribution in [1.29, 1.82) is 0 Å². The Morgan fingerprint density at radius 3 is 2.75 bits per heavy atom. The van der Waals surface area contributed by atoms with Crippen LogP contribution >= 0.6 is 11.6 Å². The quantitative estimate of drug-likeness (QED) is 0.795. The van der Waals surface area contributed by atoms with Gasteiger partial charge in [0, 0.05) is 11.6 Å². The van der Waals surface area contributed by atoms with Gasteiger partial charge in [-0.2, -0.15) is 0 Å². The van der Waals surface area contributed by atoms with E-state index in [0.29, 0.717) is 12.1 Å². The number of hydrogen-bond acceptors (Lipinski definition) is 1. The van der Waals surface area contributed by atoms with Crippen molar-refractivity contribution in [3.63, 3.8) is 0 Å². The van der Waals surface area contributed by atoms with Crippen molar-refractivity contribution in [2.45, 2.75) is 19.9 Å². The van der Waals surface area contributed by atoms with Gasteiger partial charge in [0.15, 0.2) is 0 Å². The van der Waals surface area contributed by atoms with E-state index in [9.17, 15) is 4.39 Å². The zero-order valence-corrected chi connectivity index (χ0v) is 10.2. The van der Waals surface area contributed by atoms with Crippen molar-refractivity contribution in [2.24, 2.45) is 5.92 Å². The highest BCUT2D eigenvalue weighted by Crippen LogP contribution is 2.27. The number of rotatable bonds is 4. The van der Waals surface area contributed by atoms with Gasteiger partial charge < -0.3 is 0 Å². The first-order valence-electron chi connectivity index (χ1n) is 5.18. The lowest BCUT2D eigenvalue weighted by atomic mass is 9.95. The topological polar surface area (TPSA) is 12.0 Å². The molecule has 0 bridgehead atoms. The van der Waals surface area contributed by atoms with Gasteiger partial charge in [0.05, 0.1) is 11.6 Å². The fourth-order valence-electron chi connectivity index (χ4n) is 1.63. The lowest BCUT2D eigenvalue weighted by Gasteiger charge is -2.22. The molecule has 0 fully saturated rings. The van der Waals surface area contributed by atoms with Crippen molar-refractivity contribution in [1.82, 2.24) is 5.32 Å². The largest absolute Gasteiger partial charge is 0.299 e. The predicted molar refractivity (Wildman–Crippen MR) is 65.8 cm³/mol. The molecule has 0 aliphatic carbocycles. The molecule has 1 aromatic rings. The van der Waals surface area contributed by atoms with Gasteiger partial charge in [0.25, 0.3) is 0 Å². The molecule has 0 saturated heterocycles. The first kappa shape index (κ1) is 13.0. The number of hydrogen-bond donors (Lipinski definition) is 1. The molecule has 0 aliphatic rings. The zero-order chi connectivity index (χ0) is 12.1. The van der Waals surface area contributed by atoms with E-state index in [1.165, 1.54) is 0 Å². The van der Waals surface area contributed by atoms with E-state index in [1.807, 2.05) is 13.8 Å². The molecular weight excluding hydrogens is 225 g/mol. The van der Waals surface area contributed by atoms with E-state index >= 15 is 0 Å². The van der Waals surface area contributed by atoms with Gasteiger partial charge in [0.2, 0.25) is 0 Å². The first-order valence-corrected chi connectivity index (χ1v) is 5.56. The minimum Gasteiger partial charge on any atom is -0.299 e. The third kappa shape index (κ3) is 2.98. The predicted octanol–water partition coefficient (Wildman–Crippen LogP) is 3.40. The molecule has 0 radical (unpaired) electrons. The van der Waals surface area contributed by atoms with Gasteiger partial charge in [-0.25, -0.2) is 4.39 Å². The van der Waals surface area contributed by atoms with Crippen LogP contribution in [0.2, 0.25) is 5.02 Å².